The Hall–Kier alpha value is -2.82. The molecule has 0 bridgehead atoms. The van der Waals surface area contributed by atoms with E-state index in [4.69, 9.17) is 0 Å². The van der Waals surface area contributed by atoms with E-state index in [-0.39, 0.29) is 17.4 Å². The van der Waals surface area contributed by atoms with Crippen LogP contribution >= 0.6 is 0 Å². The van der Waals surface area contributed by atoms with Gasteiger partial charge in [-0.25, -0.2) is 4.79 Å². The lowest BCUT2D eigenvalue weighted by Gasteiger charge is -2.36. The third kappa shape index (κ3) is 4.00. The van der Waals surface area contributed by atoms with Crippen molar-refractivity contribution in [3.05, 3.63) is 64.7 Å². The van der Waals surface area contributed by atoms with Gasteiger partial charge in [-0.2, -0.15) is 0 Å². The van der Waals surface area contributed by atoms with Crippen molar-refractivity contribution in [3.63, 3.8) is 0 Å². The standard InChI is InChI=1S/C24H29N3O2/c1-17-5-4-6-21(16-17)25-23(29)27-11-9-26(10-12-27)22(28)24(7-8-24)20-14-18(2)13-19(3)15-20/h4-6,13-16H,7-12H2,1-3H3,(H,25,29). The zero-order chi connectivity index (χ0) is 20.6. The molecule has 5 heteroatoms. The van der Waals surface area contributed by atoms with Crippen LogP contribution in [-0.4, -0.2) is 47.9 Å². The Balaban J connectivity index is 1.38. The first-order chi connectivity index (χ1) is 13.9. The number of piperazine rings is 1. The third-order valence-electron chi connectivity index (χ3n) is 6.06. The van der Waals surface area contributed by atoms with E-state index < -0.39 is 0 Å². The van der Waals surface area contributed by atoms with Gasteiger partial charge in [-0.05, 0) is 56.9 Å². The number of nitrogens with zero attached hydrogens (tertiary/aromatic N) is 2. The maximum Gasteiger partial charge on any atom is 0.321 e. The SMILES string of the molecule is Cc1cccc(NC(=O)N2CCN(C(=O)C3(c4cc(C)cc(C)c4)CC3)CC2)c1. The average Bonchev–Trinajstić information content (AvgIpc) is 3.49. The summed E-state index contributed by atoms with van der Waals surface area (Å²) in [6.45, 7) is 8.48. The lowest BCUT2D eigenvalue weighted by atomic mass is 9.91. The predicted octanol–water partition coefficient (Wildman–Crippen LogP) is 4.02. The number of urea groups is 1. The first-order valence-corrected chi connectivity index (χ1v) is 10.4. The Kier molecular flexibility index (Phi) is 5.07. The summed E-state index contributed by atoms with van der Waals surface area (Å²) in [6.07, 6.45) is 1.84. The molecule has 2 aromatic rings. The summed E-state index contributed by atoms with van der Waals surface area (Å²) in [5.41, 5.74) is 5.13. The van der Waals surface area contributed by atoms with Gasteiger partial charge in [0.1, 0.15) is 0 Å². The van der Waals surface area contributed by atoms with Gasteiger partial charge >= 0.3 is 6.03 Å². The van der Waals surface area contributed by atoms with Crippen molar-refractivity contribution in [2.24, 2.45) is 0 Å². The molecular weight excluding hydrogens is 362 g/mol. The number of carbonyl (C=O) groups is 2. The van der Waals surface area contributed by atoms with Gasteiger partial charge in [-0.15, -0.1) is 0 Å². The molecule has 152 valence electrons. The van der Waals surface area contributed by atoms with E-state index in [1.54, 1.807) is 4.90 Å². The number of rotatable bonds is 3. The van der Waals surface area contributed by atoms with Gasteiger partial charge in [0.25, 0.3) is 0 Å². The molecule has 4 rings (SSSR count). The van der Waals surface area contributed by atoms with Gasteiger partial charge in [0, 0.05) is 31.9 Å². The quantitative estimate of drug-likeness (QED) is 0.859. The molecule has 0 radical (unpaired) electrons. The molecule has 1 N–H and O–H groups in total. The molecule has 0 aromatic heterocycles. The summed E-state index contributed by atoms with van der Waals surface area (Å²) in [5, 5.41) is 2.96. The summed E-state index contributed by atoms with van der Waals surface area (Å²) in [4.78, 5) is 29.6. The minimum atomic E-state index is -0.344. The number of nitrogens with one attached hydrogen (secondary N) is 1. The average molecular weight is 392 g/mol. The summed E-state index contributed by atoms with van der Waals surface area (Å²) >= 11 is 0. The Morgan fingerprint density at radius 1 is 0.828 bits per heavy atom. The highest BCUT2D eigenvalue weighted by molar-refractivity contribution is 5.92. The van der Waals surface area contributed by atoms with Crippen molar-refractivity contribution in [2.75, 3.05) is 31.5 Å². The number of benzene rings is 2. The Morgan fingerprint density at radius 3 is 2.03 bits per heavy atom. The Bertz CT molecular complexity index is 921. The van der Waals surface area contributed by atoms with E-state index in [0.717, 1.165) is 29.7 Å². The van der Waals surface area contributed by atoms with Crippen molar-refractivity contribution in [2.45, 2.75) is 39.0 Å². The van der Waals surface area contributed by atoms with Crippen molar-refractivity contribution in [1.29, 1.82) is 0 Å². The smallest absolute Gasteiger partial charge is 0.321 e. The molecule has 2 fully saturated rings. The summed E-state index contributed by atoms with van der Waals surface area (Å²) in [6, 6.07) is 14.2. The van der Waals surface area contributed by atoms with Gasteiger partial charge in [-0.1, -0.05) is 41.5 Å². The maximum absolute atomic E-state index is 13.3. The van der Waals surface area contributed by atoms with Crippen LogP contribution in [0.25, 0.3) is 0 Å². The normalized spacial score (nSPS) is 17.8. The van der Waals surface area contributed by atoms with Crippen LogP contribution in [0.3, 0.4) is 0 Å². The second kappa shape index (κ2) is 7.54. The fraction of sp³-hybridized carbons (Fsp3) is 0.417. The highest BCUT2D eigenvalue weighted by Gasteiger charge is 2.53. The van der Waals surface area contributed by atoms with Crippen LogP contribution in [0.15, 0.2) is 42.5 Å². The van der Waals surface area contributed by atoms with Crippen molar-refractivity contribution in [3.8, 4) is 0 Å². The molecular formula is C24H29N3O2. The summed E-state index contributed by atoms with van der Waals surface area (Å²) in [7, 11) is 0. The fourth-order valence-corrected chi connectivity index (χ4v) is 4.34. The molecule has 1 aliphatic carbocycles. The second-order valence-corrected chi connectivity index (χ2v) is 8.54. The van der Waals surface area contributed by atoms with Crippen molar-refractivity contribution in [1.82, 2.24) is 9.80 Å². The minimum absolute atomic E-state index is 0.0989. The van der Waals surface area contributed by atoms with Gasteiger partial charge in [0.2, 0.25) is 5.91 Å². The molecule has 0 spiro atoms. The highest BCUT2D eigenvalue weighted by Crippen LogP contribution is 2.50. The number of aryl methyl sites for hydroxylation is 3. The molecule has 0 unspecified atom stereocenters. The number of hydrogen-bond donors (Lipinski definition) is 1. The number of carbonyl (C=O) groups excluding carboxylic acids is 2. The molecule has 1 heterocycles. The van der Waals surface area contributed by atoms with Crippen molar-refractivity contribution >= 4 is 17.6 Å². The molecule has 1 aliphatic heterocycles. The molecule has 2 aliphatic rings. The van der Waals surface area contributed by atoms with Crippen LogP contribution in [0.5, 0.6) is 0 Å². The van der Waals surface area contributed by atoms with Crippen LogP contribution < -0.4 is 5.32 Å². The fourth-order valence-electron chi connectivity index (χ4n) is 4.34. The van der Waals surface area contributed by atoms with Gasteiger partial charge in [0.05, 0.1) is 5.41 Å². The van der Waals surface area contributed by atoms with Crippen molar-refractivity contribution < 1.29 is 9.59 Å². The van der Waals surface area contributed by atoms with Gasteiger partial charge < -0.3 is 15.1 Å². The predicted molar refractivity (Wildman–Crippen MR) is 115 cm³/mol. The van der Waals surface area contributed by atoms with Crippen LogP contribution in [0, 0.1) is 20.8 Å². The monoisotopic (exact) mass is 391 g/mol. The Labute approximate surface area is 172 Å². The molecule has 29 heavy (non-hydrogen) atoms. The first kappa shape index (κ1) is 19.5. The van der Waals surface area contributed by atoms with E-state index in [1.807, 2.05) is 36.1 Å². The summed E-state index contributed by atoms with van der Waals surface area (Å²) in [5.74, 6) is 0.223. The molecule has 2 aromatic carbocycles. The lowest BCUT2D eigenvalue weighted by Crippen LogP contribution is -2.53. The van der Waals surface area contributed by atoms with E-state index in [0.29, 0.717) is 26.2 Å². The van der Waals surface area contributed by atoms with Crippen LogP contribution in [0.1, 0.15) is 35.1 Å². The van der Waals surface area contributed by atoms with E-state index in [1.165, 1.54) is 11.1 Å². The molecule has 0 atom stereocenters. The van der Waals surface area contributed by atoms with E-state index in [9.17, 15) is 9.59 Å². The molecule has 3 amide bonds. The van der Waals surface area contributed by atoms with Crippen LogP contribution in [0.4, 0.5) is 10.5 Å². The first-order valence-electron chi connectivity index (χ1n) is 10.4. The van der Waals surface area contributed by atoms with E-state index >= 15 is 0 Å². The topological polar surface area (TPSA) is 52.7 Å². The lowest BCUT2D eigenvalue weighted by molar-refractivity contribution is -0.135. The summed E-state index contributed by atoms with van der Waals surface area (Å²) < 4.78 is 0. The maximum atomic E-state index is 13.3. The Morgan fingerprint density at radius 2 is 1.45 bits per heavy atom. The van der Waals surface area contributed by atoms with E-state index in [2.05, 4.69) is 37.4 Å². The molecule has 1 saturated heterocycles. The zero-order valence-corrected chi connectivity index (χ0v) is 17.5. The van der Waals surface area contributed by atoms with Gasteiger partial charge in [-0.3, -0.25) is 4.79 Å². The second-order valence-electron chi connectivity index (χ2n) is 8.54. The molecule has 1 saturated carbocycles. The highest BCUT2D eigenvalue weighted by atomic mass is 16.2. The largest absolute Gasteiger partial charge is 0.338 e. The third-order valence-corrected chi connectivity index (χ3v) is 6.06. The zero-order valence-electron chi connectivity index (χ0n) is 17.5. The minimum Gasteiger partial charge on any atom is -0.338 e. The number of hydrogen-bond acceptors (Lipinski definition) is 2. The van der Waals surface area contributed by atoms with Crippen LogP contribution in [-0.2, 0) is 10.2 Å². The number of amides is 3. The van der Waals surface area contributed by atoms with Gasteiger partial charge in [0.15, 0.2) is 0 Å². The molecule has 5 nitrogen and oxygen atoms in total. The number of anilines is 1. The van der Waals surface area contributed by atoms with Crippen LogP contribution in [0.2, 0.25) is 0 Å².